The summed E-state index contributed by atoms with van der Waals surface area (Å²) >= 11 is 3.42. The third-order valence-electron chi connectivity index (χ3n) is 4.98. The van der Waals surface area contributed by atoms with E-state index in [-0.39, 0.29) is 11.9 Å². The summed E-state index contributed by atoms with van der Waals surface area (Å²) in [6.07, 6.45) is 5.20. The number of benzene rings is 2. The molecule has 0 spiro atoms. The second-order valence-corrected chi connectivity index (χ2v) is 7.67. The summed E-state index contributed by atoms with van der Waals surface area (Å²) in [6, 6.07) is 15.7. The Kier molecular flexibility index (Phi) is 5.18. The fourth-order valence-electron chi connectivity index (χ4n) is 3.64. The second-order valence-electron chi connectivity index (χ2n) is 6.75. The Morgan fingerprint density at radius 2 is 2.04 bits per heavy atom. The van der Waals surface area contributed by atoms with Crippen LogP contribution in [-0.2, 0) is 19.5 Å². The highest BCUT2D eigenvalue weighted by atomic mass is 79.9. The number of halogens is 2. The molecule has 0 aliphatic heterocycles. The third-order valence-corrected chi connectivity index (χ3v) is 5.48. The van der Waals surface area contributed by atoms with E-state index in [1.54, 1.807) is 6.07 Å². The first-order chi connectivity index (χ1) is 12.7. The monoisotopic (exact) mass is 413 g/mol. The van der Waals surface area contributed by atoms with Crippen LogP contribution in [0.2, 0.25) is 0 Å². The van der Waals surface area contributed by atoms with E-state index in [9.17, 15) is 4.39 Å². The highest BCUT2D eigenvalue weighted by Gasteiger charge is 2.24. The van der Waals surface area contributed by atoms with Gasteiger partial charge in [-0.2, -0.15) is 5.10 Å². The number of nitrogens with zero attached hydrogens (tertiary/aromatic N) is 2. The van der Waals surface area contributed by atoms with Crippen molar-refractivity contribution in [3.05, 3.63) is 87.4 Å². The molecule has 1 aliphatic carbocycles. The van der Waals surface area contributed by atoms with Crippen LogP contribution in [0.15, 0.2) is 59.2 Å². The zero-order chi connectivity index (χ0) is 17.9. The standard InChI is InChI=1S/C21H21BrFN3/c22-17-9-10-19(23)16(11-17)12-24-20-7-4-8-21-18(20)13-25-26(21)14-15-5-2-1-3-6-15/h1-3,5-6,9-11,13,20,24H,4,7-8,12,14H2/t20-/m1/s1. The Balaban J connectivity index is 1.50. The smallest absolute Gasteiger partial charge is 0.127 e. The minimum atomic E-state index is -0.170. The number of fused-ring (bicyclic) bond motifs is 1. The molecule has 5 heteroatoms. The van der Waals surface area contributed by atoms with E-state index in [4.69, 9.17) is 0 Å². The van der Waals surface area contributed by atoms with Gasteiger partial charge in [-0.05, 0) is 43.0 Å². The third kappa shape index (κ3) is 3.74. The van der Waals surface area contributed by atoms with E-state index in [0.29, 0.717) is 12.1 Å². The van der Waals surface area contributed by atoms with Gasteiger partial charge >= 0.3 is 0 Å². The van der Waals surface area contributed by atoms with E-state index < -0.39 is 0 Å². The van der Waals surface area contributed by atoms with Crippen molar-refractivity contribution in [1.29, 1.82) is 0 Å². The molecule has 26 heavy (non-hydrogen) atoms. The predicted octanol–water partition coefficient (Wildman–Crippen LogP) is 5.00. The first-order valence-electron chi connectivity index (χ1n) is 8.96. The molecule has 134 valence electrons. The van der Waals surface area contributed by atoms with Crippen LogP contribution in [-0.4, -0.2) is 9.78 Å². The lowest BCUT2D eigenvalue weighted by atomic mass is 9.92. The summed E-state index contributed by atoms with van der Waals surface area (Å²) in [5.74, 6) is -0.170. The van der Waals surface area contributed by atoms with Gasteiger partial charge in [-0.25, -0.2) is 4.39 Å². The topological polar surface area (TPSA) is 29.9 Å². The van der Waals surface area contributed by atoms with Crippen LogP contribution in [0.4, 0.5) is 4.39 Å². The number of hydrogen-bond donors (Lipinski definition) is 1. The lowest BCUT2D eigenvalue weighted by Crippen LogP contribution is -2.25. The predicted molar refractivity (Wildman–Crippen MR) is 104 cm³/mol. The summed E-state index contributed by atoms with van der Waals surface area (Å²) < 4.78 is 17.0. The molecule has 3 nitrogen and oxygen atoms in total. The Bertz CT molecular complexity index is 892. The van der Waals surface area contributed by atoms with Gasteiger partial charge in [0.05, 0.1) is 12.7 Å². The SMILES string of the molecule is Fc1ccc(Br)cc1CN[C@@H]1CCCc2c1cnn2Cc1ccccc1. The molecule has 2 aromatic carbocycles. The summed E-state index contributed by atoms with van der Waals surface area (Å²) in [7, 11) is 0. The summed E-state index contributed by atoms with van der Waals surface area (Å²) in [6.45, 7) is 1.31. The van der Waals surface area contributed by atoms with Crippen molar-refractivity contribution in [1.82, 2.24) is 15.1 Å². The number of hydrogen-bond acceptors (Lipinski definition) is 2. The molecule has 0 saturated heterocycles. The van der Waals surface area contributed by atoms with Gasteiger partial charge in [-0.15, -0.1) is 0 Å². The fourth-order valence-corrected chi connectivity index (χ4v) is 4.04. The Hall–Kier alpha value is -1.98. The van der Waals surface area contributed by atoms with E-state index in [1.807, 2.05) is 18.3 Å². The number of rotatable bonds is 5. The molecule has 0 amide bonds. The van der Waals surface area contributed by atoms with Crippen LogP contribution in [0.3, 0.4) is 0 Å². The van der Waals surface area contributed by atoms with Crippen molar-refractivity contribution >= 4 is 15.9 Å². The highest BCUT2D eigenvalue weighted by Crippen LogP contribution is 2.30. The van der Waals surface area contributed by atoms with Crippen LogP contribution < -0.4 is 5.32 Å². The summed E-state index contributed by atoms with van der Waals surface area (Å²) in [5, 5.41) is 8.15. The summed E-state index contributed by atoms with van der Waals surface area (Å²) in [5.41, 5.74) is 4.49. The normalized spacial score (nSPS) is 16.5. The fraction of sp³-hybridized carbons (Fsp3) is 0.286. The number of aromatic nitrogens is 2. The molecule has 4 rings (SSSR count). The van der Waals surface area contributed by atoms with Crippen molar-refractivity contribution in [3.63, 3.8) is 0 Å². The van der Waals surface area contributed by atoms with Crippen molar-refractivity contribution in [2.24, 2.45) is 0 Å². The van der Waals surface area contributed by atoms with Crippen molar-refractivity contribution in [3.8, 4) is 0 Å². The molecule has 1 aliphatic rings. The van der Waals surface area contributed by atoms with Gasteiger partial charge in [-0.1, -0.05) is 46.3 Å². The molecule has 1 aromatic heterocycles. The first-order valence-corrected chi connectivity index (χ1v) is 9.76. The average molecular weight is 414 g/mol. The van der Waals surface area contributed by atoms with E-state index in [0.717, 1.165) is 30.3 Å². The minimum absolute atomic E-state index is 0.170. The van der Waals surface area contributed by atoms with E-state index in [1.165, 1.54) is 22.9 Å². The van der Waals surface area contributed by atoms with Crippen LogP contribution in [0, 0.1) is 5.82 Å². The maximum Gasteiger partial charge on any atom is 0.127 e. The van der Waals surface area contributed by atoms with Gasteiger partial charge in [0.25, 0.3) is 0 Å². The largest absolute Gasteiger partial charge is 0.306 e. The molecular formula is C21H21BrFN3. The Morgan fingerprint density at radius 1 is 1.19 bits per heavy atom. The van der Waals surface area contributed by atoms with Crippen molar-refractivity contribution in [2.75, 3.05) is 0 Å². The van der Waals surface area contributed by atoms with E-state index in [2.05, 4.69) is 55.3 Å². The molecular weight excluding hydrogens is 393 g/mol. The van der Waals surface area contributed by atoms with Gasteiger partial charge in [0.1, 0.15) is 5.82 Å². The summed E-state index contributed by atoms with van der Waals surface area (Å²) in [4.78, 5) is 0. The van der Waals surface area contributed by atoms with Crippen molar-refractivity contribution in [2.45, 2.75) is 38.4 Å². The van der Waals surface area contributed by atoms with Crippen LogP contribution in [0.5, 0.6) is 0 Å². The Labute approximate surface area is 161 Å². The zero-order valence-corrected chi connectivity index (χ0v) is 16.0. The van der Waals surface area contributed by atoms with E-state index >= 15 is 0 Å². The molecule has 0 radical (unpaired) electrons. The molecule has 0 saturated carbocycles. The maximum absolute atomic E-state index is 14.0. The van der Waals surface area contributed by atoms with Gasteiger partial charge in [0, 0.05) is 33.9 Å². The van der Waals surface area contributed by atoms with Crippen LogP contribution in [0.1, 0.15) is 41.3 Å². The van der Waals surface area contributed by atoms with Gasteiger partial charge in [-0.3, -0.25) is 4.68 Å². The van der Waals surface area contributed by atoms with Crippen LogP contribution >= 0.6 is 15.9 Å². The molecule has 0 unspecified atom stereocenters. The van der Waals surface area contributed by atoms with Gasteiger partial charge in [0.2, 0.25) is 0 Å². The maximum atomic E-state index is 14.0. The highest BCUT2D eigenvalue weighted by molar-refractivity contribution is 9.10. The lowest BCUT2D eigenvalue weighted by molar-refractivity contribution is 0.444. The molecule has 1 N–H and O–H groups in total. The quantitative estimate of drug-likeness (QED) is 0.637. The molecule has 1 heterocycles. The molecule has 0 fully saturated rings. The molecule has 3 aromatic rings. The number of nitrogens with one attached hydrogen (secondary N) is 1. The first kappa shape index (κ1) is 17.4. The van der Waals surface area contributed by atoms with Crippen molar-refractivity contribution < 1.29 is 4.39 Å². The minimum Gasteiger partial charge on any atom is -0.306 e. The Morgan fingerprint density at radius 3 is 2.88 bits per heavy atom. The zero-order valence-electron chi connectivity index (χ0n) is 14.5. The van der Waals surface area contributed by atoms with Gasteiger partial charge in [0.15, 0.2) is 0 Å². The average Bonchev–Trinajstić information content (AvgIpc) is 3.07. The second kappa shape index (κ2) is 7.72. The molecule has 1 atom stereocenters. The van der Waals surface area contributed by atoms with Gasteiger partial charge < -0.3 is 5.32 Å². The van der Waals surface area contributed by atoms with Crippen LogP contribution in [0.25, 0.3) is 0 Å². The lowest BCUT2D eigenvalue weighted by Gasteiger charge is -2.24. The molecule has 0 bridgehead atoms.